The van der Waals surface area contributed by atoms with E-state index < -0.39 is 0 Å². The number of carbonyl (C=O) groups is 1. The lowest BCUT2D eigenvalue weighted by Gasteiger charge is -2.19. The largest absolute Gasteiger partial charge is 0.365 e. The average molecular weight is 165 g/mol. The fraction of sp³-hybridized carbons (Fsp3) is 0.500. The van der Waals surface area contributed by atoms with Crippen LogP contribution in [0.1, 0.15) is 26.5 Å². The zero-order valence-electron chi connectivity index (χ0n) is 7.85. The Hall–Kier alpha value is -1.05. The van der Waals surface area contributed by atoms with Crippen LogP contribution in [-0.4, -0.2) is 10.8 Å². The number of H-pyrrole nitrogens is 1. The third-order valence-electron chi connectivity index (χ3n) is 2.25. The second-order valence-corrected chi connectivity index (χ2v) is 3.81. The van der Waals surface area contributed by atoms with E-state index in [4.69, 9.17) is 0 Å². The molecule has 1 aromatic heterocycles. The molecule has 0 radical (unpaired) electrons. The second-order valence-electron chi connectivity index (χ2n) is 3.81. The molecule has 0 aliphatic rings. The fourth-order valence-electron chi connectivity index (χ4n) is 1.08. The van der Waals surface area contributed by atoms with Crippen molar-refractivity contribution < 1.29 is 4.79 Å². The number of carbonyl (C=O) groups excluding carboxylic acids is 1. The first-order chi connectivity index (χ1) is 5.52. The summed E-state index contributed by atoms with van der Waals surface area (Å²) >= 11 is 0. The van der Waals surface area contributed by atoms with E-state index in [0.29, 0.717) is 0 Å². The Kier molecular flexibility index (Phi) is 2.36. The quantitative estimate of drug-likeness (QED) is 0.731. The van der Waals surface area contributed by atoms with Gasteiger partial charge in [0.1, 0.15) is 5.78 Å². The van der Waals surface area contributed by atoms with Gasteiger partial charge in [-0.05, 0) is 25.5 Å². The Bertz CT molecular complexity index is 259. The standard InChI is InChI=1S/C10H15NO/c1-8(12)10(2,3)7-9-5-4-6-11-9/h4-6,11H,7H2,1-3H3. The Morgan fingerprint density at radius 3 is 2.67 bits per heavy atom. The third kappa shape index (κ3) is 1.97. The van der Waals surface area contributed by atoms with E-state index in [-0.39, 0.29) is 11.2 Å². The summed E-state index contributed by atoms with van der Waals surface area (Å²) in [5, 5.41) is 0. The molecule has 0 unspecified atom stereocenters. The third-order valence-corrected chi connectivity index (χ3v) is 2.25. The molecule has 0 bridgehead atoms. The average Bonchev–Trinajstić information content (AvgIpc) is 2.38. The maximum atomic E-state index is 11.2. The summed E-state index contributed by atoms with van der Waals surface area (Å²) < 4.78 is 0. The lowest BCUT2D eigenvalue weighted by molar-refractivity contribution is -0.124. The second kappa shape index (κ2) is 3.13. The lowest BCUT2D eigenvalue weighted by Crippen LogP contribution is -2.24. The van der Waals surface area contributed by atoms with Crippen molar-refractivity contribution in [2.75, 3.05) is 0 Å². The Morgan fingerprint density at radius 1 is 1.58 bits per heavy atom. The van der Waals surface area contributed by atoms with Crippen LogP contribution in [0.2, 0.25) is 0 Å². The number of aromatic amines is 1. The van der Waals surface area contributed by atoms with Crippen molar-refractivity contribution in [2.45, 2.75) is 27.2 Å². The number of nitrogens with one attached hydrogen (secondary N) is 1. The van der Waals surface area contributed by atoms with Crippen molar-refractivity contribution in [3.05, 3.63) is 24.0 Å². The summed E-state index contributed by atoms with van der Waals surface area (Å²) in [5.41, 5.74) is 0.875. The Balaban J connectivity index is 2.69. The van der Waals surface area contributed by atoms with E-state index in [1.165, 1.54) is 0 Å². The van der Waals surface area contributed by atoms with E-state index in [9.17, 15) is 4.79 Å². The molecule has 1 aromatic rings. The SMILES string of the molecule is CC(=O)C(C)(C)Cc1ccc[nH]1. The summed E-state index contributed by atoms with van der Waals surface area (Å²) in [6.07, 6.45) is 2.67. The first kappa shape index (κ1) is 9.04. The molecule has 0 aliphatic carbocycles. The van der Waals surface area contributed by atoms with Crippen LogP contribution in [0.3, 0.4) is 0 Å². The van der Waals surface area contributed by atoms with Crippen molar-refractivity contribution >= 4 is 5.78 Å². The van der Waals surface area contributed by atoms with Crippen molar-refractivity contribution in [2.24, 2.45) is 5.41 Å². The van der Waals surface area contributed by atoms with Crippen molar-refractivity contribution in [1.82, 2.24) is 4.98 Å². The monoisotopic (exact) mass is 165 g/mol. The molecule has 1 N–H and O–H groups in total. The van der Waals surface area contributed by atoms with E-state index in [2.05, 4.69) is 4.98 Å². The predicted molar refractivity (Wildman–Crippen MR) is 49.0 cm³/mol. The molecule has 0 atom stereocenters. The van der Waals surface area contributed by atoms with Gasteiger partial charge in [0.25, 0.3) is 0 Å². The fourth-order valence-corrected chi connectivity index (χ4v) is 1.08. The molecule has 0 spiro atoms. The molecule has 0 aliphatic heterocycles. The molecular weight excluding hydrogens is 150 g/mol. The minimum atomic E-state index is -0.245. The lowest BCUT2D eigenvalue weighted by atomic mass is 9.84. The summed E-state index contributed by atoms with van der Waals surface area (Å²) in [6.45, 7) is 5.58. The van der Waals surface area contributed by atoms with Crippen LogP contribution >= 0.6 is 0 Å². The zero-order valence-corrected chi connectivity index (χ0v) is 7.85. The maximum absolute atomic E-state index is 11.2. The molecule has 2 nitrogen and oxygen atoms in total. The number of Topliss-reactive ketones (excluding diaryl/α,β-unsaturated/α-hetero) is 1. The van der Waals surface area contributed by atoms with Gasteiger partial charge >= 0.3 is 0 Å². The van der Waals surface area contributed by atoms with Crippen LogP contribution < -0.4 is 0 Å². The van der Waals surface area contributed by atoms with Gasteiger partial charge in [0, 0.05) is 17.3 Å². The number of rotatable bonds is 3. The molecule has 0 fully saturated rings. The van der Waals surface area contributed by atoms with Crippen LogP contribution in [0.5, 0.6) is 0 Å². The topological polar surface area (TPSA) is 32.9 Å². The molecule has 1 heterocycles. The molecule has 0 saturated heterocycles. The Labute approximate surface area is 73.0 Å². The van der Waals surface area contributed by atoms with Gasteiger partial charge in [0.05, 0.1) is 0 Å². The number of hydrogen-bond acceptors (Lipinski definition) is 1. The summed E-state index contributed by atoms with van der Waals surface area (Å²) in [4.78, 5) is 14.3. The molecule has 1 rings (SSSR count). The van der Waals surface area contributed by atoms with Gasteiger partial charge in [0.2, 0.25) is 0 Å². The van der Waals surface area contributed by atoms with E-state index >= 15 is 0 Å². The van der Waals surface area contributed by atoms with E-state index in [1.807, 2.05) is 32.2 Å². The molecule has 0 amide bonds. The van der Waals surface area contributed by atoms with Crippen molar-refractivity contribution in [1.29, 1.82) is 0 Å². The molecule has 0 saturated carbocycles. The molecule has 66 valence electrons. The van der Waals surface area contributed by atoms with Gasteiger partial charge in [-0.2, -0.15) is 0 Å². The number of hydrogen-bond donors (Lipinski definition) is 1. The van der Waals surface area contributed by atoms with Crippen molar-refractivity contribution in [3.8, 4) is 0 Å². The van der Waals surface area contributed by atoms with E-state index in [0.717, 1.165) is 12.1 Å². The highest BCUT2D eigenvalue weighted by molar-refractivity contribution is 5.81. The molecule has 12 heavy (non-hydrogen) atoms. The number of aromatic nitrogens is 1. The summed E-state index contributed by atoms with van der Waals surface area (Å²) in [6, 6.07) is 3.95. The summed E-state index contributed by atoms with van der Waals surface area (Å²) in [7, 11) is 0. The number of ketones is 1. The maximum Gasteiger partial charge on any atom is 0.135 e. The van der Waals surface area contributed by atoms with Gasteiger partial charge in [-0.1, -0.05) is 13.8 Å². The normalized spacial score (nSPS) is 11.6. The van der Waals surface area contributed by atoms with Crippen LogP contribution in [0.25, 0.3) is 0 Å². The zero-order chi connectivity index (χ0) is 9.19. The minimum absolute atomic E-state index is 0.233. The first-order valence-electron chi connectivity index (χ1n) is 4.16. The Morgan fingerprint density at radius 2 is 2.25 bits per heavy atom. The highest BCUT2D eigenvalue weighted by Crippen LogP contribution is 2.21. The van der Waals surface area contributed by atoms with Crippen LogP contribution in [0.4, 0.5) is 0 Å². The summed E-state index contributed by atoms with van der Waals surface area (Å²) in [5.74, 6) is 0.233. The smallest absolute Gasteiger partial charge is 0.135 e. The van der Waals surface area contributed by atoms with Crippen LogP contribution in [-0.2, 0) is 11.2 Å². The molecule has 2 heteroatoms. The first-order valence-corrected chi connectivity index (χ1v) is 4.16. The minimum Gasteiger partial charge on any atom is -0.365 e. The molecular formula is C10H15NO. The predicted octanol–water partition coefficient (Wildman–Crippen LogP) is 2.17. The van der Waals surface area contributed by atoms with Crippen molar-refractivity contribution in [3.63, 3.8) is 0 Å². The van der Waals surface area contributed by atoms with Crippen LogP contribution in [0.15, 0.2) is 18.3 Å². The highest BCUT2D eigenvalue weighted by atomic mass is 16.1. The van der Waals surface area contributed by atoms with Crippen LogP contribution in [0, 0.1) is 5.41 Å². The van der Waals surface area contributed by atoms with Gasteiger partial charge in [0.15, 0.2) is 0 Å². The molecule has 0 aromatic carbocycles. The van der Waals surface area contributed by atoms with Gasteiger partial charge in [-0.3, -0.25) is 4.79 Å². The van der Waals surface area contributed by atoms with Gasteiger partial charge < -0.3 is 4.98 Å². The van der Waals surface area contributed by atoms with Gasteiger partial charge in [-0.25, -0.2) is 0 Å². The highest BCUT2D eigenvalue weighted by Gasteiger charge is 2.23. The van der Waals surface area contributed by atoms with Gasteiger partial charge in [-0.15, -0.1) is 0 Å². The van der Waals surface area contributed by atoms with E-state index in [1.54, 1.807) is 6.92 Å².